The van der Waals surface area contributed by atoms with Crippen LogP contribution in [0.3, 0.4) is 0 Å². The number of hydrogen-bond acceptors (Lipinski definition) is 1. The van der Waals surface area contributed by atoms with Crippen LogP contribution >= 0.6 is 0 Å². The summed E-state index contributed by atoms with van der Waals surface area (Å²) in [5, 5.41) is 0. The lowest BCUT2D eigenvalue weighted by atomic mass is 9.96. The van der Waals surface area contributed by atoms with Crippen LogP contribution in [0.2, 0.25) is 0 Å². The molecule has 1 heterocycles. The topological polar surface area (TPSA) is 3.24 Å². The van der Waals surface area contributed by atoms with Crippen molar-refractivity contribution in [1.29, 1.82) is 0 Å². The van der Waals surface area contributed by atoms with Crippen molar-refractivity contribution >= 4 is 0 Å². The molecular weight excluding hydrogens is 110 g/mol. The maximum Gasteiger partial charge on any atom is 0.000965 e. The van der Waals surface area contributed by atoms with E-state index in [-0.39, 0.29) is 0 Å². The lowest BCUT2D eigenvalue weighted by molar-refractivity contribution is 0.392. The molecule has 1 fully saturated rings. The van der Waals surface area contributed by atoms with Crippen LogP contribution in [0.25, 0.3) is 0 Å². The van der Waals surface area contributed by atoms with Gasteiger partial charge in [0.1, 0.15) is 0 Å². The highest BCUT2D eigenvalue weighted by Crippen LogP contribution is 2.23. The summed E-state index contributed by atoms with van der Waals surface area (Å²) >= 11 is 0. The van der Waals surface area contributed by atoms with Crippen LogP contribution in [0, 0.1) is 11.8 Å². The lowest BCUT2D eigenvalue weighted by Gasteiger charge is -2.09. The van der Waals surface area contributed by atoms with Crippen molar-refractivity contribution < 1.29 is 0 Å². The third-order valence-electron chi connectivity index (χ3n) is 2.47. The van der Waals surface area contributed by atoms with E-state index in [1.165, 1.54) is 19.5 Å². The zero-order valence-corrected chi connectivity index (χ0v) is 6.72. The second-order valence-electron chi connectivity index (χ2n) is 3.37. The maximum atomic E-state index is 2.43. The van der Waals surface area contributed by atoms with Gasteiger partial charge >= 0.3 is 0 Å². The van der Waals surface area contributed by atoms with E-state index in [0.717, 1.165) is 11.8 Å². The number of hydrogen-bond donors (Lipinski definition) is 0. The molecule has 0 saturated carbocycles. The first-order valence-corrected chi connectivity index (χ1v) is 3.92. The summed E-state index contributed by atoms with van der Waals surface area (Å²) in [4.78, 5) is 2.43. The van der Waals surface area contributed by atoms with Crippen molar-refractivity contribution in [2.24, 2.45) is 11.8 Å². The Morgan fingerprint density at radius 2 is 2.11 bits per heavy atom. The van der Waals surface area contributed by atoms with E-state index in [1.54, 1.807) is 0 Å². The highest BCUT2D eigenvalue weighted by Gasteiger charge is 2.24. The molecule has 0 radical (unpaired) electrons. The molecule has 1 aliphatic heterocycles. The van der Waals surface area contributed by atoms with Gasteiger partial charge in [-0.25, -0.2) is 0 Å². The van der Waals surface area contributed by atoms with Crippen LogP contribution in [0.15, 0.2) is 0 Å². The molecular formula is C8H17N. The van der Waals surface area contributed by atoms with Crippen molar-refractivity contribution in [3.8, 4) is 0 Å². The van der Waals surface area contributed by atoms with E-state index in [4.69, 9.17) is 0 Å². The molecule has 0 spiro atoms. The largest absolute Gasteiger partial charge is 0.306 e. The lowest BCUT2D eigenvalue weighted by Crippen LogP contribution is -2.13. The van der Waals surface area contributed by atoms with E-state index in [0.29, 0.717) is 0 Å². The minimum atomic E-state index is 0.931. The van der Waals surface area contributed by atoms with E-state index in [1.807, 2.05) is 0 Å². The van der Waals surface area contributed by atoms with E-state index < -0.39 is 0 Å². The summed E-state index contributed by atoms with van der Waals surface area (Å²) in [5.41, 5.74) is 0. The van der Waals surface area contributed by atoms with Gasteiger partial charge < -0.3 is 4.90 Å². The Labute approximate surface area is 58.0 Å². The smallest absolute Gasteiger partial charge is 0.000965 e. The van der Waals surface area contributed by atoms with Crippen LogP contribution in [0.5, 0.6) is 0 Å². The zero-order chi connectivity index (χ0) is 6.85. The third kappa shape index (κ3) is 1.45. The molecule has 1 heteroatoms. The van der Waals surface area contributed by atoms with Gasteiger partial charge in [-0.15, -0.1) is 0 Å². The molecule has 0 aliphatic carbocycles. The Bertz CT molecular complexity index is 90.6. The molecule has 0 aromatic carbocycles. The Balaban J connectivity index is 2.38. The predicted octanol–water partition coefficient (Wildman–Crippen LogP) is 1.59. The molecule has 1 nitrogen and oxygen atoms in total. The average Bonchev–Trinajstić information content (AvgIpc) is 2.10. The van der Waals surface area contributed by atoms with Crippen LogP contribution in [0.1, 0.15) is 20.3 Å². The Kier molecular flexibility index (Phi) is 2.12. The van der Waals surface area contributed by atoms with E-state index in [2.05, 4.69) is 25.8 Å². The van der Waals surface area contributed by atoms with Crippen molar-refractivity contribution in [2.75, 3.05) is 20.1 Å². The molecule has 1 saturated heterocycles. The predicted molar refractivity (Wildman–Crippen MR) is 40.4 cm³/mol. The molecule has 2 atom stereocenters. The van der Waals surface area contributed by atoms with Crippen molar-refractivity contribution in [3.63, 3.8) is 0 Å². The van der Waals surface area contributed by atoms with Gasteiger partial charge in [-0.05, 0) is 18.9 Å². The molecule has 2 unspecified atom stereocenters. The molecule has 9 heavy (non-hydrogen) atoms. The summed E-state index contributed by atoms with van der Waals surface area (Å²) in [6.07, 6.45) is 1.35. The molecule has 0 aromatic rings. The van der Waals surface area contributed by atoms with Crippen LogP contribution in [-0.4, -0.2) is 25.0 Å². The molecule has 0 N–H and O–H groups in total. The SMILES string of the molecule is CCC1CN(C)CC1C. The number of nitrogens with zero attached hydrogens (tertiary/aromatic N) is 1. The fraction of sp³-hybridized carbons (Fsp3) is 1.00. The van der Waals surface area contributed by atoms with Gasteiger partial charge in [-0.3, -0.25) is 0 Å². The van der Waals surface area contributed by atoms with Crippen LogP contribution in [0.4, 0.5) is 0 Å². The Morgan fingerprint density at radius 1 is 1.44 bits per heavy atom. The quantitative estimate of drug-likeness (QED) is 0.517. The summed E-state index contributed by atoms with van der Waals surface area (Å²) < 4.78 is 0. The van der Waals surface area contributed by atoms with Crippen molar-refractivity contribution in [2.45, 2.75) is 20.3 Å². The Morgan fingerprint density at radius 3 is 2.33 bits per heavy atom. The minimum Gasteiger partial charge on any atom is -0.306 e. The zero-order valence-electron chi connectivity index (χ0n) is 6.72. The molecule has 0 bridgehead atoms. The minimum absolute atomic E-state index is 0.931. The highest BCUT2D eigenvalue weighted by atomic mass is 15.1. The van der Waals surface area contributed by atoms with Gasteiger partial charge in [0.15, 0.2) is 0 Å². The number of likely N-dealkylation sites (tertiary alicyclic amines) is 1. The first-order chi connectivity index (χ1) is 4.24. The van der Waals surface area contributed by atoms with E-state index >= 15 is 0 Å². The standard InChI is InChI=1S/C8H17N/c1-4-8-6-9(3)5-7(8)2/h7-8H,4-6H2,1-3H3. The molecule has 1 aliphatic rings. The van der Waals surface area contributed by atoms with Crippen LogP contribution < -0.4 is 0 Å². The van der Waals surface area contributed by atoms with Gasteiger partial charge in [0.2, 0.25) is 0 Å². The highest BCUT2D eigenvalue weighted by molar-refractivity contribution is 4.77. The van der Waals surface area contributed by atoms with Gasteiger partial charge in [0, 0.05) is 13.1 Å². The maximum absolute atomic E-state index is 2.43. The molecule has 1 rings (SSSR count). The van der Waals surface area contributed by atoms with E-state index in [9.17, 15) is 0 Å². The first kappa shape index (κ1) is 7.07. The fourth-order valence-electron chi connectivity index (χ4n) is 1.83. The summed E-state index contributed by atoms with van der Waals surface area (Å²) in [6, 6.07) is 0. The molecule has 54 valence electrons. The fourth-order valence-corrected chi connectivity index (χ4v) is 1.83. The number of rotatable bonds is 1. The van der Waals surface area contributed by atoms with Crippen molar-refractivity contribution in [3.05, 3.63) is 0 Å². The van der Waals surface area contributed by atoms with Gasteiger partial charge in [-0.1, -0.05) is 20.3 Å². The molecule has 0 aromatic heterocycles. The first-order valence-electron chi connectivity index (χ1n) is 3.92. The van der Waals surface area contributed by atoms with Gasteiger partial charge in [-0.2, -0.15) is 0 Å². The Hall–Kier alpha value is -0.0400. The van der Waals surface area contributed by atoms with Crippen LogP contribution in [-0.2, 0) is 0 Å². The average molecular weight is 127 g/mol. The summed E-state index contributed by atoms with van der Waals surface area (Å²) in [5.74, 6) is 1.90. The van der Waals surface area contributed by atoms with Crippen molar-refractivity contribution in [1.82, 2.24) is 4.90 Å². The molecule has 0 amide bonds. The van der Waals surface area contributed by atoms with Gasteiger partial charge in [0.05, 0.1) is 0 Å². The third-order valence-corrected chi connectivity index (χ3v) is 2.47. The monoisotopic (exact) mass is 127 g/mol. The second-order valence-corrected chi connectivity index (χ2v) is 3.37. The normalized spacial score (nSPS) is 37.7. The van der Waals surface area contributed by atoms with Gasteiger partial charge in [0.25, 0.3) is 0 Å². The summed E-state index contributed by atoms with van der Waals surface area (Å²) in [6.45, 7) is 7.27. The summed E-state index contributed by atoms with van der Waals surface area (Å²) in [7, 11) is 2.21. The second kappa shape index (κ2) is 2.70.